The largest absolute Gasteiger partial charge is 0.476 e. The van der Waals surface area contributed by atoms with Crippen molar-refractivity contribution in [2.75, 3.05) is 22.4 Å². The number of carbonyl (C=O) groups excluding carboxylic acids is 1. The van der Waals surface area contributed by atoms with Gasteiger partial charge in [-0.05, 0) is 61.0 Å². The lowest BCUT2D eigenvalue weighted by molar-refractivity contribution is -0.122. The van der Waals surface area contributed by atoms with Gasteiger partial charge in [0.15, 0.2) is 6.10 Å². The molecule has 0 saturated carbocycles. The third-order valence-electron chi connectivity index (χ3n) is 4.78. The Morgan fingerprint density at radius 2 is 1.71 bits per heavy atom. The Bertz CT molecular complexity index is 1190. The van der Waals surface area contributed by atoms with Gasteiger partial charge < -0.3 is 14.8 Å². The van der Waals surface area contributed by atoms with Gasteiger partial charge in [0.05, 0.1) is 18.5 Å². The van der Waals surface area contributed by atoms with Gasteiger partial charge in [0.25, 0.3) is 5.91 Å². The first-order valence-corrected chi connectivity index (χ1v) is 11.5. The topological polar surface area (TPSA) is 84.9 Å². The summed E-state index contributed by atoms with van der Waals surface area (Å²) < 4.78 is 37.4. The number of aryl methyl sites for hydroxylation is 1. The van der Waals surface area contributed by atoms with Crippen LogP contribution in [0.1, 0.15) is 5.56 Å². The molecule has 31 heavy (non-hydrogen) atoms. The summed E-state index contributed by atoms with van der Waals surface area (Å²) in [5.41, 5.74) is 1.89. The standard InChI is InChI=1S/C23H22N2O5S/c1-16-8-13-21-20(14-16)25(31(2,27)28)15-22(30-21)23(26)24-17-9-11-19(12-10-17)29-18-6-4-3-5-7-18/h3-14,22H,15H2,1-2H3,(H,24,26)/t22-/m1/s1. The number of para-hydroxylation sites is 1. The van der Waals surface area contributed by atoms with Gasteiger partial charge in [-0.15, -0.1) is 0 Å². The molecule has 0 unspecified atom stereocenters. The molecular weight excluding hydrogens is 416 g/mol. The predicted octanol–water partition coefficient (Wildman–Crippen LogP) is 3.95. The van der Waals surface area contributed by atoms with Crippen molar-refractivity contribution in [3.8, 4) is 17.2 Å². The zero-order chi connectivity index (χ0) is 22.0. The van der Waals surface area contributed by atoms with Crippen LogP contribution >= 0.6 is 0 Å². The van der Waals surface area contributed by atoms with Crippen LogP contribution in [0.2, 0.25) is 0 Å². The van der Waals surface area contributed by atoms with E-state index in [9.17, 15) is 13.2 Å². The third kappa shape index (κ3) is 4.80. The van der Waals surface area contributed by atoms with Crippen LogP contribution in [-0.2, 0) is 14.8 Å². The van der Waals surface area contributed by atoms with E-state index < -0.39 is 22.0 Å². The van der Waals surface area contributed by atoms with E-state index in [1.807, 2.05) is 43.3 Å². The zero-order valence-corrected chi connectivity index (χ0v) is 17.9. The first kappa shape index (κ1) is 20.7. The van der Waals surface area contributed by atoms with Crippen LogP contribution in [0.4, 0.5) is 11.4 Å². The highest BCUT2D eigenvalue weighted by Crippen LogP contribution is 2.36. The summed E-state index contributed by atoms with van der Waals surface area (Å²) in [5, 5.41) is 2.78. The average molecular weight is 439 g/mol. The molecular formula is C23H22N2O5S. The van der Waals surface area contributed by atoms with Gasteiger partial charge in [0.1, 0.15) is 17.2 Å². The SMILES string of the molecule is Cc1ccc2c(c1)N(S(C)(=O)=O)C[C@H](C(=O)Nc1ccc(Oc3ccccc3)cc1)O2. The van der Waals surface area contributed by atoms with Crippen molar-refractivity contribution in [3.63, 3.8) is 0 Å². The quantitative estimate of drug-likeness (QED) is 0.652. The van der Waals surface area contributed by atoms with Gasteiger partial charge in [-0.3, -0.25) is 9.10 Å². The van der Waals surface area contributed by atoms with Crippen LogP contribution < -0.4 is 19.1 Å². The van der Waals surface area contributed by atoms with Gasteiger partial charge in [0.2, 0.25) is 10.0 Å². The molecule has 1 N–H and O–H groups in total. The molecule has 0 bridgehead atoms. The Morgan fingerprint density at radius 3 is 2.39 bits per heavy atom. The molecule has 0 saturated heterocycles. The van der Waals surface area contributed by atoms with E-state index in [2.05, 4.69) is 5.32 Å². The van der Waals surface area contributed by atoms with Crippen LogP contribution in [0, 0.1) is 6.92 Å². The van der Waals surface area contributed by atoms with Crippen molar-refractivity contribution in [1.82, 2.24) is 0 Å². The Morgan fingerprint density at radius 1 is 1.03 bits per heavy atom. The number of benzene rings is 3. The summed E-state index contributed by atoms with van der Waals surface area (Å²) in [4.78, 5) is 12.8. The molecule has 1 atom stereocenters. The number of amides is 1. The number of rotatable bonds is 5. The summed E-state index contributed by atoms with van der Waals surface area (Å²) in [5.74, 6) is 1.26. The number of anilines is 2. The first-order valence-electron chi connectivity index (χ1n) is 9.68. The minimum Gasteiger partial charge on any atom is -0.476 e. The smallest absolute Gasteiger partial charge is 0.267 e. The maximum Gasteiger partial charge on any atom is 0.267 e. The van der Waals surface area contributed by atoms with E-state index in [1.165, 1.54) is 4.31 Å². The summed E-state index contributed by atoms with van der Waals surface area (Å²) in [6.07, 6.45) is 0.135. The van der Waals surface area contributed by atoms with Crippen molar-refractivity contribution in [2.45, 2.75) is 13.0 Å². The average Bonchev–Trinajstić information content (AvgIpc) is 2.74. The van der Waals surface area contributed by atoms with Gasteiger partial charge in [-0.25, -0.2) is 8.42 Å². The molecule has 8 heteroatoms. The first-order chi connectivity index (χ1) is 14.8. The Hall–Kier alpha value is -3.52. The number of sulfonamides is 1. The number of carbonyl (C=O) groups is 1. The van der Waals surface area contributed by atoms with Gasteiger partial charge in [-0.2, -0.15) is 0 Å². The van der Waals surface area contributed by atoms with E-state index in [0.29, 0.717) is 28.6 Å². The fourth-order valence-corrected chi connectivity index (χ4v) is 4.17. The monoisotopic (exact) mass is 438 g/mol. The molecule has 0 spiro atoms. The van der Waals surface area contributed by atoms with Crippen molar-refractivity contribution in [3.05, 3.63) is 78.4 Å². The third-order valence-corrected chi connectivity index (χ3v) is 5.92. The number of nitrogens with one attached hydrogen (secondary N) is 1. The van der Waals surface area contributed by atoms with Crippen LogP contribution in [0.15, 0.2) is 72.8 Å². The maximum absolute atomic E-state index is 12.8. The Balaban J connectivity index is 1.48. The highest BCUT2D eigenvalue weighted by atomic mass is 32.2. The number of nitrogens with zero attached hydrogens (tertiary/aromatic N) is 1. The molecule has 3 aromatic carbocycles. The molecule has 1 heterocycles. The molecule has 160 valence electrons. The van der Waals surface area contributed by atoms with E-state index >= 15 is 0 Å². The second kappa shape index (κ2) is 8.31. The van der Waals surface area contributed by atoms with E-state index in [-0.39, 0.29) is 6.54 Å². The lowest BCUT2D eigenvalue weighted by Crippen LogP contribution is -2.48. The number of fused-ring (bicyclic) bond motifs is 1. The van der Waals surface area contributed by atoms with Gasteiger partial charge in [-0.1, -0.05) is 24.3 Å². The number of ether oxygens (including phenoxy) is 2. The van der Waals surface area contributed by atoms with E-state index in [4.69, 9.17) is 9.47 Å². The lowest BCUT2D eigenvalue weighted by Gasteiger charge is -2.34. The van der Waals surface area contributed by atoms with E-state index in [1.54, 1.807) is 36.4 Å². The molecule has 0 radical (unpaired) electrons. The molecule has 0 aromatic heterocycles. The van der Waals surface area contributed by atoms with Crippen LogP contribution in [0.3, 0.4) is 0 Å². The molecule has 0 fully saturated rings. The summed E-state index contributed by atoms with van der Waals surface area (Å²) in [7, 11) is -3.57. The van der Waals surface area contributed by atoms with Crippen molar-refractivity contribution in [1.29, 1.82) is 0 Å². The Kier molecular flexibility index (Phi) is 5.56. The summed E-state index contributed by atoms with van der Waals surface area (Å²) in [6.45, 7) is 1.76. The normalized spacial score (nSPS) is 15.5. The molecule has 3 aromatic rings. The van der Waals surface area contributed by atoms with Gasteiger partial charge >= 0.3 is 0 Å². The Labute approximate surface area is 181 Å². The molecule has 4 rings (SSSR count). The molecule has 7 nitrogen and oxygen atoms in total. The fraction of sp³-hybridized carbons (Fsp3) is 0.174. The summed E-state index contributed by atoms with van der Waals surface area (Å²) in [6, 6.07) is 21.5. The van der Waals surface area contributed by atoms with Crippen LogP contribution in [-0.4, -0.2) is 33.2 Å². The molecule has 1 amide bonds. The highest BCUT2D eigenvalue weighted by Gasteiger charge is 2.35. The molecule has 1 aliphatic heterocycles. The van der Waals surface area contributed by atoms with Crippen LogP contribution in [0.25, 0.3) is 0 Å². The fourth-order valence-electron chi connectivity index (χ4n) is 3.27. The summed E-state index contributed by atoms with van der Waals surface area (Å²) >= 11 is 0. The predicted molar refractivity (Wildman–Crippen MR) is 119 cm³/mol. The minimum absolute atomic E-state index is 0.101. The molecule has 0 aliphatic carbocycles. The maximum atomic E-state index is 12.8. The van der Waals surface area contributed by atoms with Crippen molar-refractivity contribution >= 4 is 27.3 Å². The van der Waals surface area contributed by atoms with Crippen molar-refractivity contribution in [2.24, 2.45) is 0 Å². The van der Waals surface area contributed by atoms with Crippen molar-refractivity contribution < 1.29 is 22.7 Å². The van der Waals surface area contributed by atoms with Gasteiger partial charge in [0, 0.05) is 5.69 Å². The highest BCUT2D eigenvalue weighted by molar-refractivity contribution is 7.92. The minimum atomic E-state index is -3.57. The second-order valence-electron chi connectivity index (χ2n) is 7.30. The molecule has 1 aliphatic rings. The number of hydrogen-bond donors (Lipinski definition) is 1. The second-order valence-corrected chi connectivity index (χ2v) is 9.21. The van der Waals surface area contributed by atoms with Crippen LogP contribution in [0.5, 0.6) is 17.2 Å². The lowest BCUT2D eigenvalue weighted by atomic mass is 10.1. The van der Waals surface area contributed by atoms with E-state index in [0.717, 1.165) is 11.8 Å². The number of hydrogen-bond acceptors (Lipinski definition) is 5. The zero-order valence-electron chi connectivity index (χ0n) is 17.1.